The van der Waals surface area contributed by atoms with Gasteiger partial charge in [-0.15, -0.1) is 0 Å². The van der Waals surface area contributed by atoms with E-state index < -0.39 is 0 Å². The number of aromatic amines is 1. The number of hydrogen-bond donors (Lipinski definition) is 2. The summed E-state index contributed by atoms with van der Waals surface area (Å²) in [6.07, 6.45) is 5.58. The third-order valence-corrected chi connectivity index (χ3v) is 4.18. The Hall–Kier alpha value is -1.62. The highest BCUT2D eigenvalue weighted by Gasteiger charge is 2.23. The fourth-order valence-corrected chi connectivity index (χ4v) is 2.98. The van der Waals surface area contributed by atoms with Crippen LogP contribution in [0.1, 0.15) is 47.1 Å². The fraction of sp³-hybridized carbons (Fsp3) is 0.571. The van der Waals surface area contributed by atoms with Gasteiger partial charge in [0.05, 0.1) is 11.9 Å². The molecule has 2 N–H and O–H groups in total. The summed E-state index contributed by atoms with van der Waals surface area (Å²) in [5, 5.41) is 15.3. The Labute approximate surface area is 113 Å². The van der Waals surface area contributed by atoms with Crippen LogP contribution in [0.15, 0.2) is 6.20 Å². The van der Waals surface area contributed by atoms with Crippen molar-refractivity contribution in [3.8, 4) is 0 Å². The predicted octanol–water partition coefficient (Wildman–Crippen LogP) is 1.93. The summed E-state index contributed by atoms with van der Waals surface area (Å²) in [5.74, 6) is 0. The summed E-state index contributed by atoms with van der Waals surface area (Å²) >= 11 is 0. The molecule has 19 heavy (non-hydrogen) atoms. The van der Waals surface area contributed by atoms with Crippen molar-refractivity contribution in [2.75, 3.05) is 0 Å². The van der Waals surface area contributed by atoms with Gasteiger partial charge in [-0.3, -0.25) is 9.78 Å². The normalized spacial score (nSPS) is 18.6. The Morgan fingerprint density at radius 1 is 1.47 bits per heavy atom. The van der Waals surface area contributed by atoms with E-state index >= 15 is 0 Å². The minimum atomic E-state index is 0.422. The van der Waals surface area contributed by atoms with Crippen molar-refractivity contribution < 1.29 is 0 Å². The lowest BCUT2D eigenvalue weighted by Gasteiger charge is -2.24. The van der Waals surface area contributed by atoms with Crippen LogP contribution in [0.5, 0.6) is 0 Å². The molecule has 0 fully saturated rings. The van der Waals surface area contributed by atoms with Gasteiger partial charge in [-0.25, -0.2) is 0 Å². The van der Waals surface area contributed by atoms with Gasteiger partial charge in [0.15, 0.2) is 0 Å². The summed E-state index contributed by atoms with van der Waals surface area (Å²) in [6.45, 7) is 5.00. The molecule has 2 aromatic rings. The molecule has 0 saturated carbocycles. The Morgan fingerprint density at radius 3 is 3.05 bits per heavy atom. The Morgan fingerprint density at radius 2 is 2.32 bits per heavy atom. The first-order valence-corrected chi connectivity index (χ1v) is 6.91. The van der Waals surface area contributed by atoms with Crippen molar-refractivity contribution >= 4 is 0 Å². The standard InChI is InChI=1S/C14H21N5/c1-9-11(10(2)18-17-9)7-15-13-5-4-6-14-12(13)8-16-19(14)3/h8,13,15H,4-7H2,1-3H3,(H,17,18). The molecule has 0 spiro atoms. The van der Waals surface area contributed by atoms with E-state index in [2.05, 4.69) is 34.5 Å². The fourth-order valence-electron chi connectivity index (χ4n) is 2.98. The number of aryl methyl sites for hydroxylation is 3. The van der Waals surface area contributed by atoms with Crippen molar-refractivity contribution in [3.63, 3.8) is 0 Å². The molecule has 1 atom stereocenters. The van der Waals surface area contributed by atoms with Crippen LogP contribution in [-0.4, -0.2) is 20.0 Å². The highest BCUT2D eigenvalue weighted by atomic mass is 15.3. The molecule has 0 amide bonds. The zero-order chi connectivity index (χ0) is 13.4. The molecular formula is C14H21N5. The average Bonchev–Trinajstić information content (AvgIpc) is 2.93. The zero-order valence-corrected chi connectivity index (χ0v) is 11.8. The second-order valence-electron chi connectivity index (χ2n) is 5.41. The molecule has 2 heterocycles. The van der Waals surface area contributed by atoms with Gasteiger partial charge in [-0.2, -0.15) is 10.2 Å². The first kappa shape index (κ1) is 12.4. The summed E-state index contributed by atoms with van der Waals surface area (Å²) in [4.78, 5) is 0. The van der Waals surface area contributed by atoms with Gasteiger partial charge in [0, 0.05) is 42.1 Å². The van der Waals surface area contributed by atoms with Crippen molar-refractivity contribution in [1.82, 2.24) is 25.3 Å². The van der Waals surface area contributed by atoms with E-state index in [0.29, 0.717) is 6.04 Å². The zero-order valence-electron chi connectivity index (χ0n) is 11.8. The number of aromatic nitrogens is 4. The van der Waals surface area contributed by atoms with Gasteiger partial charge < -0.3 is 5.32 Å². The minimum Gasteiger partial charge on any atom is -0.306 e. The van der Waals surface area contributed by atoms with E-state index in [4.69, 9.17) is 0 Å². The Kier molecular flexibility index (Phi) is 3.14. The molecule has 2 aromatic heterocycles. The highest BCUT2D eigenvalue weighted by molar-refractivity contribution is 5.26. The van der Waals surface area contributed by atoms with Crippen LogP contribution >= 0.6 is 0 Å². The smallest absolute Gasteiger partial charge is 0.0638 e. The number of nitrogens with one attached hydrogen (secondary N) is 2. The van der Waals surface area contributed by atoms with E-state index in [0.717, 1.165) is 24.4 Å². The molecule has 0 radical (unpaired) electrons. The Balaban J connectivity index is 1.75. The molecule has 5 heteroatoms. The molecule has 5 nitrogen and oxygen atoms in total. The van der Waals surface area contributed by atoms with Gasteiger partial charge >= 0.3 is 0 Å². The lowest BCUT2D eigenvalue weighted by Crippen LogP contribution is -2.25. The average molecular weight is 259 g/mol. The second kappa shape index (κ2) is 4.81. The third-order valence-electron chi connectivity index (χ3n) is 4.18. The predicted molar refractivity (Wildman–Crippen MR) is 73.8 cm³/mol. The molecule has 0 aliphatic heterocycles. The van der Waals surface area contributed by atoms with Crippen molar-refractivity contribution in [3.05, 3.63) is 34.4 Å². The summed E-state index contributed by atoms with van der Waals surface area (Å²) < 4.78 is 2.01. The number of hydrogen-bond acceptors (Lipinski definition) is 3. The maximum absolute atomic E-state index is 4.39. The van der Waals surface area contributed by atoms with Crippen LogP contribution in [0, 0.1) is 13.8 Å². The minimum absolute atomic E-state index is 0.422. The van der Waals surface area contributed by atoms with Crippen molar-refractivity contribution in [2.24, 2.45) is 7.05 Å². The highest BCUT2D eigenvalue weighted by Crippen LogP contribution is 2.29. The van der Waals surface area contributed by atoms with Crippen LogP contribution < -0.4 is 5.32 Å². The lowest BCUT2D eigenvalue weighted by atomic mass is 9.93. The molecule has 1 aliphatic rings. The molecule has 0 saturated heterocycles. The molecule has 102 valence electrons. The molecule has 3 rings (SSSR count). The monoisotopic (exact) mass is 259 g/mol. The van der Waals surface area contributed by atoms with E-state index in [1.807, 2.05) is 17.9 Å². The van der Waals surface area contributed by atoms with Gasteiger partial charge in [-0.1, -0.05) is 0 Å². The second-order valence-corrected chi connectivity index (χ2v) is 5.41. The maximum atomic E-state index is 4.39. The SMILES string of the molecule is Cc1n[nH]c(C)c1CNC1CCCc2c1cnn2C. The van der Waals surface area contributed by atoms with Gasteiger partial charge in [-0.05, 0) is 33.1 Å². The quantitative estimate of drug-likeness (QED) is 0.885. The van der Waals surface area contributed by atoms with Crippen LogP contribution in [-0.2, 0) is 20.0 Å². The number of H-pyrrole nitrogens is 1. The van der Waals surface area contributed by atoms with E-state index in [9.17, 15) is 0 Å². The molecule has 1 unspecified atom stereocenters. The van der Waals surface area contributed by atoms with Crippen molar-refractivity contribution in [1.29, 1.82) is 0 Å². The summed E-state index contributed by atoms with van der Waals surface area (Å²) in [5.41, 5.74) is 6.28. The lowest BCUT2D eigenvalue weighted by molar-refractivity contribution is 0.451. The third kappa shape index (κ3) is 2.18. The van der Waals surface area contributed by atoms with E-state index in [1.165, 1.54) is 29.7 Å². The van der Waals surface area contributed by atoms with Crippen molar-refractivity contribution in [2.45, 2.75) is 45.7 Å². The Bertz CT molecular complexity index is 561. The van der Waals surface area contributed by atoms with E-state index in [1.54, 1.807) is 0 Å². The van der Waals surface area contributed by atoms with Crippen LogP contribution in [0.25, 0.3) is 0 Å². The topological polar surface area (TPSA) is 58.5 Å². The largest absolute Gasteiger partial charge is 0.306 e. The van der Waals surface area contributed by atoms with Crippen LogP contribution in [0.3, 0.4) is 0 Å². The molecule has 0 bridgehead atoms. The molecule has 0 aromatic carbocycles. The van der Waals surface area contributed by atoms with Gasteiger partial charge in [0.1, 0.15) is 0 Å². The van der Waals surface area contributed by atoms with Crippen LogP contribution in [0.4, 0.5) is 0 Å². The first-order chi connectivity index (χ1) is 9.16. The molecule has 1 aliphatic carbocycles. The number of fused-ring (bicyclic) bond motifs is 1. The molecular weight excluding hydrogens is 238 g/mol. The van der Waals surface area contributed by atoms with Gasteiger partial charge in [0.25, 0.3) is 0 Å². The van der Waals surface area contributed by atoms with Crippen LogP contribution in [0.2, 0.25) is 0 Å². The number of nitrogens with zero attached hydrogens (tertiary/aromatic N) is 3. The summed E-state index contributed by atoms with van der Waals surface area (Å²) in [6, 6.07) is 0.422. The number of rotatable bonds is 3. The van der Waals surface area contributed by atoms with Gasteiger partial charge in [0.2, 0.25) is 0 Å². The van der Waals surface area contributed by atoms with E-state index in [-0.39, 0.29) is 0 Å². The maximum Gasteiger partial charge on any atom is 0.0638 e. The summed E-state index contributed by atoms with van der Waals surface area (Å²) in [7, 11) is 2.03. The first-order valence-electron chi connectivity index (χ1n) is 6.91.